The molecular formula is C53H41NO. The van der Waals surface area contributed by atoms with Gasteiger partial charge in [-0.25, -0.2) is 0 Å². The van der Waals surface area contributed by atoms with Crippen molar-refractivity contribution < 1.29 is 4.42 Å². The minimum Gasteiger partial charge on any atom is -0.454 e. The topological polar surface area (TPSA) is 16.4 Å². The normalized spacial score (nSPS) is 15.0. The van der Waals surface area contributed by atoms with Gasteiger partial charge in [0.15, 0.2) is 5.58 Å². The van der Waals surface area contributed by atoms with Crippen molar-refractivity contribution in [3.63, 3.8) is 0 Å². The Morgan fingerprint density at radius 1 is 0.564 bits per heavy atom. The number of fused-ring (bicyclic) bond motifs is 7. The van der Waals surface area contributed by atoms with Crippen LogP contribution in [0.1, 0.15) is 54.2 Å². The van der Waals surface area contributed by atoms with Crippen LogP contribution in [0.25, 0.3) is 38.6 Å². The van der Waals surface area contributed by atoms with E-state index in [-0.39, 0.29) is 5.41 Å². The Morgan fingerprint density at radius 3 is 1.80 bits per heavy atom. The summed E-state index contributed by atoms with van der Waals surface area (Å²) in [7, 11) is 0. The molecule has 0 unspecified atom stereocenters. The van der Waals surface area contributed by atoms with Crippen molar-refractivity contribution in [2.24, 2.45) is 0 Å². The summed E-state index contributed by atoms with van der Waals surface area (Å²) in [5.74, 6) is 0. The van der Waals surface area contributed by atoms with Crippen LogP contribution in [0.5, 0.6) is 0 Å². The largest absolute Gasteiger partial charge is 0.454 e. The van der Waals surface area contributed by atoms with Crippen molar-refractivity contribution in [2.75, 3.05) is 4.90 Å². The fourth-order valence-corrected chi connectivity index (χ4v) is 9.71. The number of anilines is 2. The Labute approximate surface area is 323 Å². The molecule has 0 atom stereocenters. The maximum absolute atomic E-state index is 7.13. The lowest BCUT2D eigenvalue weighted by atomic mass is 9.67. The predicted octanol–water partition coefficient (Wildman–Crippen LogP) is 13.9. The van der Waals surface area contributed by atoms with E-state index in [2.05, 4.69) is 208 Å². The molecule has 8 aromatic rings. The molecule has 7 aromatic carbocycles. The summed E-state index contributed by atoms with van der Waals surface area (Å²) in [6.07, 6.45) is 4.44. The monoisotopic (exact) mass is 707 g/mol. The van der Waals surface area contributed by atoms with Crippen LogP contribution >= 0.6 is 0 Å². The van der Waals surface area contributed by atoms with Crippen LogP contribution < -0.4 is 4.90 Å². The van der Waals surface area contributed by atoms with Crippen LogP contribution in [0.15, 0.2) is 204 Å². The molecular weight excluding hydrogens is 667 g/mol. The number of nitrogens with zero attached hydrogens (tertiary/aromatic N) is 1. The lowest BCUT2D eigenvalue weighted by Gasteiger charge is -2.39. The van der Waals surface area contributed by atoms with Crippen LogP contribution in [-0.4, -0.2) is 0 Å². The van der Waals surface area contributed by atoms with Gasteiger partial charge >= 0.3 is 0 Å². The number of benzene rings is 7. The zero-order valence-corrected chi connectivity index (χ0v) is 31.4. The third-order valence-corrected chi connectivity index (χ3v) is 12.0. The average Bonchev–Trinajstić information content (AvgIpc) is 3.83. The third-order valence-electron chi connectivity index (χ3n) is 12.0. The first-order valence-electron chi connectivity index (χ1n) is 19.2. The van der Waals surface area contributed by atoms with E-state index in [1.54, 1.807) is 0 Å². The van der Waals surface area contributed by atoms with Gasteiger partial charge in [-0.1, -0.05) is 178 Å². The van der Waals surface area contributed by atoms with E-state index in [9.17, 15) is 0 Å². The number of para-hydroxylation sites is 2. The molecule has 0 saturated carbocycles. The van der Waals surface area contributed by atoms with E-state index in [1.165, 1.54) is 44.5 Å². The van der Waals surface area contributed by atoms with Crippen molar-refractivity contribution in [3.8, 4) is 11.1 Å². The van der Waals surface area contributed by atoms with Gasteiger partial charge in [0, 0.05) is 33.1 Å². The van der Waals surface area contributed by atoms with Gasteiger partial charge in [-0.2, -0.15) is 0 Å². The van der Waals surface area contributed by atoms with Crippen LogP contribution in [0.2, 0.25) is 0 Å². The van der Waals surface area contributed by atoms with Crippen LogP contribution in [0, 0.1) is 0 Å². The zero-order chi connectivity index (χ0) is 37.3. The number of allylic oxidation sites excluding steroid dienone is 4. The van der Waals surface area contributed by atoms with Crippen molar-refractivity contribution in [1.29, 1.82) is 0 Å². The van der Waals surface area contributed by atoms with Gasteiger partial charge in [0.2, 0.25) is 0 Å². The zero-order valence-electron chi connectivity index (χ0n) is 31.4. The second-order valence-electron chi connectivity index (χ2n) is 15.2. The molecule has 0 radical (unpaired) electrons. The minimum absolute atomic E-state index is 0.230. The Hall–Kier alpha value is -6.64. The van der Waals surface area contributed by atoms with Crippen molar-refractivity contribution >= 4 is 38.9 Å². The smallest absolute Gasteiger partial charge is 0.159 e. The molecule has 0 fully saturated rings. The molecule has 2 heteroatoms. The highest BCUT2D eigenvalue weighted by molar-refractivity contribution is 6.12. The highest BCUT2D eigenvalue weighted by Gasteiger charge is 2.49. The molecule has 1 heterocycles. The van der Waals surface area contributed by atoms with Gasteiger partial charge in [0.25, 0.3) is 0 Å². The molecule has 0 spiro atoms. The lowest BCUT2D eigenvalue weighted by Crippen LogP contribution is -2.31. The van der Waals surface area contributed by atoms with E-state index in [1.807, 2.05) is 0 Å². The van der Waals surface area contributed by atoms with E-state index >= 15 is 0 Å². The summed E-state index contributed by atoms with van der Waals surface area (Å²) in [5, 5.41) is 2.16. The van der Waals surface area contributed by atoms with E-state index in [0.29, 0.717) is 0 Å². The molecule has 55 heavy (non-hydrogen) atoms. The second kappa shape index (κ2) is 12.5. The fourth-order valence-electron chi connectivity index (χ4n) is 9.71. The average molecular weight is 708 g/mol. The summed E-state index contributed by atoms with van der Waals surface area (Å²) in [4.78, 5) is 2.39. The Bertz CT molecular complexity index is 2820. The summed E-state index contributed by atoms with van der Waals surface area (Å²) < 4.78 is 7.13. The molecule has 10 rings (SSSR count). The predicted molar refractivity (Wildman–Crippen MR) is 230 cm³/mol. The molecule has 2 aliphatic carbocycles. The summed E-state index contributed by atoms with van der Waals surface area (Å²) in [5.41, 5.74) is 15.9. The molecule has 0 bridgehead atoms. The molecule has 2 aliphatic rings. The van der Waals surface area contributed by atoms with Crippen molar-refractivity contribution in [3.05, 3.63) is 233 Å². The standard InChI is InChI=1S/C53H41NO/c1-5-20-46-49(42-28-14-16-29-43(42)52(46,3)4)35(2)54(37-23-10-7-11-24-37)50-47(34-33-41-40-27-15-19-32-48(40)55-51(41)50)53(36-21-8-6-9-22-36)44-30-17-12-25-38(44)39-26-13-18-31-45(39)53/h5-34H,2H2,1,3-4H3/b20-5-. The van der Waals surface area contributed by atoms with E-state index < -0.39 is 5.41 Å². The maximum Gasteiger partial charge on any atom is 0.159 e. The van der Waals surface area contributed by atoms with Crippen LogP contribution in [-0.2, 0) is 10.8 Å². The Morgan fingerprint density at radius 2 is 1.13 bits per heavy atom. The van der Waals surface area contributed by atoms with Crippen molar-refractivity contribution in [1.82, 2.24) is 0 Å². The first-order chi connectivity index (χ1) is 27.0. The number of hydrogen-bond acceptors (Lipinski definition) is 2. The molecule has 1 aromatic heterocycles. The van der Waals surface area contributed by atoms with Gasteiger partial charge in [0.05, 0.1) is 11.1 Å². The molecule has 0 saturated heterocycles. The van der Waals surface area contributed by atoms with Gasteiger partial charge in [-0.05, 0) is 81.3 Å². The Balaban J connectivity index is 1.39. The van der Waals surface area contributed by atoms with Gasteiger partial charge in [-0.3, -0.25) is 0 Å². The summed E-state index contributed by atoms with van der Waals surface area (Å²) >= 11 is 0. The van der Waals surface area contributed by atoms with Gasteiger partial charge in [0.1, 0.15) is 5.58 Å². The third kappa shape index (κ3) is 4.61. The van der Waals surface area contributed by atoms with Gasteiger partial charge < -0.3 is 9.32 Å². The first-order valence-corrected chi connectivity index (χ1v) is 19.2. The van der Waals surface area contributed by atoms with Crippen LogP contribution in [0.4, 0.5) is 11.4 Å². The summed E-state index contributed by atoms with van der Waals surface area (Å²) in [6, 6.07) is 61.5. The fraction of sp³-hybridized carbons (Fsp3) is 0.0943. The molecule has 0 N–H and O–H groups in total. The Kier molecular flexibility index (Phi) is 7.47. The highest BCUT2D eigenvalue weighted by atomic mass is 16.3. The first kappa shape index (κ1) is 33.0. The quantitative estimate of drug-likeness (QED) is 0.164. The number of rotatable bonds is 7. The summed E-state index contributed by atoms with van der Waals surface area (Å²) in [6.45, 7) is 11.9. The van der Waals surface area contributed by atoms with E-state index in [0.717, 1.165) is 50.1 Å². The molecule has 2 nitrogen and oxygen atoms in total. The molecule has 0 aliphatic heterocycles. The van der Waals surface area contributed by atoms with Crippen molar-refractivity contribution in [2.45, 2.75) is 31.6 Å². The minimum atomic E-state index is -0.683. The molecule has 264 valence electrons. The van der Waals surface area contributed by atoms with E-state index in [4.69, 9.17) is 11.0 Å². The number of hydrogen-bond donors (Lipinski definition) is 0. The molecule has 0 amide bonds. The van der Waals surface area contributed by atoms with Gasteiger partial charge in [-0.15, -0.1) is 0 Å². The van der Waals surface area contributed by atoms with Crippen LogP contribution in [0.3, 0.4) is 0 Å². The number of furan rings is 1. The second-order valence-corrected chi connectivity index (χ2v) is 15.2. The SMILES string of the molecule is C=C(C1=C(/C=C\C)C(C)(C)c2ccccc21)N(c1ccccc1)c1c(C2(c3ccccc3)c3ccccc3-c3ccccc32)ccc2c1oc1ccccc12. The highest BCUT2D eigenvalue weighted by Crippen LogP contribution is 2.60. The lowest BCUT2D eigenvalue weighted by molar-refractivity contribution is 0.654. The maximum atomic E-state index is 7.13.